The standard InChI is InChI=1S/C10H15N5/c1-3-4-12-6-9(2)7-15-8-13-10(5-11)14-15/h8,12H,2-4,6-7H2,1H3. The van der Waals surface area contributed by atoms with Crippen molar-refractivity contribution in [3.63, 3.8) is 0 Å². The summed E-state index contributed by atoms with van der Waals surface area (Å²) in [7, 11) is 0. The van der Waals surface area contributed by atoms with Crippen LogP contribution in [0, 0.1) is 11.3 Å². The summed E-state index contributed by atoms with van der Waals surface area (Å²) in [6.45, 7) is 8.40. The van der Waals surface area contributed by atoms with E-state index in [9.17, 15) is 0 Å². The smallest absolute Gasteiger partial charge is 0.252 e. The Morgan fingerprint density at radius 1 is 1.73 bits per heavy atom. The lowest BCUT2D eigenvalue weighted by atomic mass is 10.3. The van der Waals surface area contributed by atoms with E-state index in [0.717, 1.165) is 25.1 Å². The van der Waals surface area contributed by atoms with Crippen LogP contribution in [0.5, 0.6) is 0 Å². The van der Waals surface area contributed by atoms with Gasteiger partial charge in [0.2, 0.25) is 0 Å². The summed E-state index contributed by atoms with van der Waals surface area (Å²) >= 11 is 0. The normalized spacial score (nSPS) is 9.87. The molecule has 0 aliphatic carbocycles. The number of nitrogens with one attached hydrogen (secondary N) is 1. The van der Waals surface area contributed by atoms with Crippen LogP contribution in [-0.2, 0) is 6.54 Å². The zero-order chi connectivity index (χ0) is 11.1. The maximum Gasteiger partial charge on any atom is 0.252 e. The molecule has 0 unspecified atom stereocenters. The number of hydrogen-bond donors (Lipinski definition) is 1. The van der Waals surface area contributed by atoms with Crippen LogP contribution in [0.4, 0.5) is 0 Å². The van der Waals surface area contributed by atoms with E-state index in [4.69, 9.17) is 5.26 Å². The molecule has 0 amide bonds. The molecular weight excluding hydrogens is 190 g/mol. The quantitative estimate of drug-likeness (QED) is 0.548. The third kappa shape index (κ3) is 3.92. The second-order valence-electron chi connectivity index (χ2n) is 3.30. The highest BCUT2D eigenvalue weighted by molar-refractivity contribution is 5.06. The lowest BCUT2D eigenvalue weighted by Crippen LogP contribution is -2.19. The molecule has 0 atom stereocenters. The molecular formula is C10H15N5. The molecule has 5 nitrogen and oxygen atoms in total. The van der Waals surface area contributed by atoms with Gasteiger partial charge in [0.05, 0.1) is 6.54 Å². The molecule has 15 heavy (non-hydrogen) atoms. The summed E-state index contributed by atoms with van der Waals surface area (Å²) in [4.78, 5) is 3.81. The van der Waals surface area contributed by atoms with Gasteiger partial charge in [-0.15, -0.1) is 5.10 Å². The van der Waals surface area contributed by atoms with Crippen LogP contribution in [-0.4, -0.2) is 27.9 Å². The van der Waals surface area contributed by atoms with Gasteiger partial charge < -0.3 is 5.32 Å². The monoisotopic (exact) mass is 205 g/mol. The van der Waals surface area contributed by atoms with Crippen LogP contribution in [0.3, 0.4) is 0 Å². The van der Waals surface area contributed by atoms with Crippen LogP contribution in [0.1, 0.15) is 19.2 Å². The Balaban J connectivity index is 2.35. The third-order valence-corrected chi connectivity index (χ3v) is 1.82. The van der Waals surface area contributed by atoms with Gasteiger partial charge in [0.1, 0.15) is 12.4 Å². The molecule has 0 aliphatic heterocycles. The SMILES string of the molecule is C=C(CNCCC)Cn1cnc(C#N)n1. The summed E-state index contributed by atoms with van der Waals surface area (Å²) in [6.07, 6.45) is 2.65. The number of rotatable bonds is 6. The van der Waals surface area contributed by atoms with E-state index in [0.29, 0.717) is 6.54 Å². The number of hydrogen-bond acceptors (Lipinski definition) is 4. The van der Waals surface area contributed by atoms with Crippen molar-refractivity contribution < 1.29 is 0 Å². The van der Waals surface area contributed by atoms with E-state index >= 15 is 0 Å². The topological polar surface area (TPSA) is 66.5 Å². The lowest BCUT2D eigenvalue weighted by molar-refractivity contribution is 0.631. The minimum atomic E-state index is 0.198. The predicted molar refractivity (Wildman–Crippen MR) is 57.0 cm³/mol. The van der Waals surface area contributed by atoms with E-state index in [1.165, 1.54) is 0 Å². The van der Waals surface area contributed by atoms with E-state index in [1.807, 2.05) is 6.07 Å². The van der Waals surface area contributed by atoms with Crippen molar-refractivity contribution in [3.8, 4) is 6.07 Å². The summed E-state index contributed by atoms with van der Waals surface area (Å²) in [5.74, 6) is 0.198. The van der Waals surface area contributed by atoms with Crippen LogP contribution in [0.2, 0.25) is 0 Å². The fourth-order valence-corrected chi connectivity index (χ4v) is 1.15. The molecule has 1 heterocycles. The minimum Gasteiger partial charge on any atom is -0.313 e. The zero-order valence-corrected chi connectivity index (χ0v) is 8.90. The fourth-order valence-electron chi connectivity index (χ4n) is 1.15. The van der Waals surface area contributed by atoms with Crippen LogP contribution < -0.4 is 5.32 Å². The summed E-state index contributed by atoms with van der Waals surface area (Å²) in [6, 6.07) is 1.88. The molecule has 0 aliphatic rings. The Bertz CT molecular complexity index is 360. The molecule has 0 aromatic carbocycles. The van der Waals surface area contributed by atoms with Gasteiger partial charge in [0.15, 0.2) is 0 Å². The Hall–Kier alpha value is -1.67. The molecule has 80 valence electrons. The van der Waals surface area contributed by atoms with Gasteiger partial charge in [-0.25, -0.2) is 9.67 Å². The zero-order valence-electron chi connectivity index (χ0n) is 8.90. The van der Waals surface area contributed by atoms with Gasteiger partial charge in [-0.2, -0.15) is 5.26 Å². The van der Waals surface area contributed by atoms with E-state index in [1.54, 1.807) is 11.0 Å². The van der Waals surface area contributed by atoms with Crippen LogP contribution in [0.25, 0.3) is 0 Å². The Kier molecular flexibility index (Phi) is 4.51. The molecule has 0 spiro atoms. The van der Waals surface area contributed by atoms with Crippen molar-refractivity contribution >= 4 is 0 Å². The Morgan fingerprint density at radius 2 is 2.53 bits per heavy atom. The van der Waals surface area contributed by atoms with Gasteiger partial charge in [-0.1, -0.05) is 13.5 Å². The maximum atomic E-state index is 8.54. The van der Waals surface area contributed by atoms with Crippen LogP contribution in [0.15, 0.2) is 18.5 Å². The Morgan fingerprint density at radius 3 is 3.13 bits per heavy atom. The minimum absolute atomic E-state index is 0.198. The highest BCUT2D eigenvalue weighted by Crippen LogP contribution is 1.95. The highest BCUT2D eigenvalue weighted by Gasteiger charge is 2.00. The molecule has 0 bridgehead atoms. The first-order valence-corrected chi connectivity index (χ1v) is 4.93. The first-order valence-electron chi connectivity index (χ1n) is 4.93. The number of nitrogens with zero attached hydrogens (tertiary/aromatic N) is 4. The Labute approximate surface area is 89.4 Å². The summed E-state index contributed by atoms with van der Waals surface area (Å²) < 4.78 is 1.62. The molecule has 5 heteroatoms. The molecule has 1 aromatic heterocycles. The van der Waals surface area contributed by atoms with Gasteiger partial charge in [0, 0.05) is 6.54 Å². The predicted octanol–water partition coefficient (Wildman–Crippen LogP) is 0.706. The van der Waals surface area contributed by atoms with Crippen molar-refractivity contribution in [2.45, 2.75) is 19.9 Å². The fraction of sp³-hybridized carbons (Fsp3) is 0.500. The van der Waals surface area contributed by atoms with Crippen molar-refractivity contribution in [3.05, 3.63) is 24.3 Å². The average molecular weight is 205 g/mol. The van der Waals surface area contributed by atoms with Crippen molar-refractivity contribution in [1.82, 2.24) is 20.1 Å². The molecule has 0 radical (unpaired) electrons. The first kappa shape index (κ1) is 11.4. The summed E-state index contributed by atoms with van der Waals surface area (Å²) in [5.41, 5.74) is 1.03. The first-order chi connectivity index (χ1) is 7.26. The van der Waals surface area contributed by atoms with Gasteiger partial charge in [0.25, 0.3) is 5.82 Å². The van der Waals surface area contributed by atoms with Gasteiger partial charge in [-0.3, -0.25) is 0 Å². The second kappa shape index (κ2) is 5.94. The van der Waals surface area contributed by atoms with E-state index in [2.05, 4.69) is 28.9 Å². The molecule has 1 N–H and O–H groups in total. The number of aromatic nitrogens is 3. The van der Waals surface area contributed by atoms with Gasteiger partial charge in [-0.05, 0) is 18.5 Å². The molecule has 1 rings (SSSR count). The average Bonchev–Trinajstić information content (AvgIpc) is 2.66. The van der Waals surface area contributed by atoms with Crippen molar-refractivity contribution in [1.29, 1.82) is 5.26 Å². The molecule has 0 saturated heterocycles. The molecule has 0 fully saturated rings. The molecule has 0 saturated carbocycles. The summed E-state index contributed by atoms with van der Waals surface area (Å²) in [5, 5.41) is 15.7. The van der Waals surface area contributed by atoms with E-state index < -0.39 is 0 Å². The van der Waals surface area contributed by atoms with Crippen molar-refractivity contribution in [2.24, 2.45) is 0 Å². The lowest BCUT2D eigenvalue weighted by Gasteiger charge is -2.06. The van der Waals surface area contributed by atoms with Crippen LogP contribution >= 0.6 is 0 Å². The van der Waals surface area contributed by atoms with Crippen molar-refractivity contribution in [2.75, 3.05) is 13.1 Å². The number of nitriles is 1. The van der Waals surface area contributed by atoms with E-state index in [-0.39, 0.29) is 5.82 Å². The third-order valence-electron chi connectivity index (χ3n) is 1.82. The largest absolute Gasteiger partial charge is 0.313 e. The maximum absolute atomic E-state index is 8.54. The molecule has 1 aromatic rings. The highest BCUT2D eigenvalue weighted by atomic mass is 15.3. The second-order valence-corrected chi connectivity index (χ2v) is 3.30. The van der Waals surface area contributed by atoms with Gasteiger partial charge >= 0.3 is 0 Å².